The molecule has 1 atom stereocenters. The fourth-order valence-corrected chi connectivity index (χ4v) is 3.36. The van der Waals surface area contributed by atoms with Crippen LogP contribution in [0, 0.1) is 0 Å². The quantitative estimate of drug-likeness (QED) is 0.914. The fraction of sp³-hybridized carbons (Fsp3) is 0.588. The summed E-state index contributed by atoms with van der Waals surface area (Å²) in [5, 5.41) is 11.0. The summed E-state index contributed by atoms with van der Waals surface area (Å²) >= 11 is 0. The van der Waals surface area contributed by atoms with Gasteiger partial charge in [-0.05, 0) is 25.8 Å². The van der Waals surface area contributed by atoms with E-state index in [0.29, 0.717) is 6.54 Å². The summed E-state index contributed by atoms with van der Waals surface area (Å²) in [7, 11) is 1.88. The van der Waals surface area contributed by atoms with Crippen LogP contribution in [0.3, 0.4) is 0 Å². The molecule has 130 valence electrons. The Kier molecular flexibility index (Phi) is 5.17. The number of carbonyl (C=O) groups is 1. The lowest BCUT2D eigenvalue weighted by Gasteiger charge is -2.35. The monoisotopic (exact) mass is 331 g/mol. The van der Waals surface area contributed by atoms with Crippen LogP contribution in [-0.4, -0.2) is 31.7 Å². The van der Waals surface area contributed by atoms with Gasteiger partial charge in [0.15, 0.2) is 5.82 Å². The third-order valence-electron chi connectivity index (χ3n) is 4.68. The zero-order valence-corrected chi connectivity index (χ0v) is 14.3. The molecule has 2 heterocycles. The highest BCUT2D eigenvalue weighted by molar-refractivity contribution is 5.75. The van der Waals surface area contributed by atoms with E-state index in [1.165, 1.54) is 19.3 Å². The Hall–Kier alpha value is -2.31. The van der Waals surface area contributed by atoms with Crippen molar-refractivity contribution in [1.82, 2.24) is 25.0 Å². The number of urea groups is 1. The minimum atomic E-state index is -0.194. The van der Waals surface area contributed by atoms with Crippen LogP contribution in [0.15, 0.2) is 29.3 Å². The molecule has 2 amide bonds. The highest BCUT2D eigenvalue weighted by atomic mass is 16.3. The van der Waals surface area contributed by atoms with Crippen LogP contribution in [0.2, 0.25) is 0 Å². The van der Waals surface area contributed by atoms with E-state index in [9.17, 15) is 4.79 Å². The zero-order chi connectivity index (χ0) is 16.9. The minimum Gasteiger partial charge on any atom is -0.472 e. The van der Waals surface area contributed by atoms with Gasteiger partial charge in [0.1, 0.15) is 6.33 Å². The molecule has 0 radical (unpaired) electrons. The Morgan fingerprint density at radius 2 is 2.25 bits per heavy atom. The third kappa shape index (κ3) is 3.77. The first-order valence-corrected chi connectivity index (χ1v) is 8.57. The van der Waals surface area contributed by atoms with Crippen molar-refractivity contribution in [1.29, 1.82) is 0 Å². The lowest BCUT2D eigenvalue weighted by Crippen LogP contribution is -2.47. The molecule has 1 saturated carbocycles. The first kappa shape index (κ1) is 16.5. The summed E-state index contributed by atoms with van der Waals surface area (Å²) in [6.07, 6.45) is 10.7. The summed E-state index contributed by atoms with van der Waals surface area (Å²) < 4.78 is 6.98. The Bertz CT molecular complexity index is 646. The van der Waals surface area contributed by atoms with Crippen LogP contribution >= 0.6 is 0 Å². The normalized spacial score (nSPS) is 16.8. The molecule has 1 aliphatic rings. The molecule has 1 aliphatic carbocycles. The van der Waals surface area contributed by atoms with Gasteiger partial charge in [-0.15, -0.1) is 10.2 Å². The van der Waals surface area contributed by atoms with E-state index in [1.54, 1.807) is 18.9 Å². The number of nitrogens with zero attached hydrogens (tertiary/aromatic N) is 4. The van der Waals surface area contributed by atoms with E-state index in [1.807, 2.05) is 29.5 Å². The van der Waals surface area contributed by atoms with Crippen molar-refractivity contribution < 1.29 is 9.21 Å². The Morgan fingerprint density at radius 3 is 2.88 bits per heavy atom. The zero-order valence-electron chi connectivity index (χ0n) is 14.3. The third-order valence-corrected chi connectivity index (χ3v) is 4.68. The molecule has 2 aromatic heterocycles. The van der Waals surface area contributed by atoms with E-state index in [0.717, 1.165) is 24.2 Å². The standard InChI is InChI=1S/C17H25N5O2/c1-13(16-20-18-12-21(16)2)19-17(23)22(10-14-8-9-24-11-14)15-6-4-3-5-7-15/h8-9,11-13,15H,3-7,10H2,1-2H3,(H,19,23)/t13-/m1/s1. The van der Waals surface area contributed by atoms with Gasteiger partial charge in [-0.25, -0.2) is 4.79 Å². The van der Waals surface area contributed by atoms with E-state index >= 15 is 0 Å². The summed E-state index contributed by atoms with van der Waals surface area (Å²) in [6, 6.07) is 1.94. The molecule has 0 saturated heterocycles. The number of hydrogen-bond acceptors (Lipinski definition) is 4. The average molecular weight is 331 g/mol. The molecule has 0 spiro atoms. The highest BCUT2D eigenvalue weighted by Crippen LogP contribution is 2.25. The Morgan fingerprint density at radius 1 is 1.46 bits per heavy atom. The van der Waals surface area contributed by atoms with Gasteiger partial charge in [0.05, 0.1) is 25.1 Å². The Balaban J connectivity index is 1.71. The number of hydrogen-bond donors (Lipinski definition) is 1. The smallest absolute Gasteiger partial charge is 0.318 e. The van der Waals surface area contributed by atoms with Crippen molar-refractivity contribution >= 4 is 6.03 Å². The minimum absolute atomic E-state index is 0.0569. The number of rotatable bonds is 5. The molecule has 0 unspecified atom stereocenters. The molecule has 0 aromatic carbocycles. The van der Waals surface area contributed by atoms with Crippen molar-refractivity contribution in [3.63, 3.8) is 0 Å². The molecule has 2 aromatic rings. The van der Waals surface area contributed by atoms with Gasteiger partial charge in [0.25, 0.3) is 0 Å². The maximum absolute atomic E-state index is 12.9. The van der Waals surface area contributed by atoms with Gasteiger partial charge in [0, 0.05) is 18.7 Å². The molecule has 7 nitrogen and oxygen atoms in total. The van der Waals surface area contributed by atoms with Gasteiger partial charge in [0.2, 0.25) is 0 Å². The largest absolute Gasteiger partial charge is 0.472 e. The number of nitrogens with one attached hydrogen (secondary N) is 1. The first-order valence-electron chi connectivity index (χ1n) is 8.57. The number of aryl methyl sites for hydroxylation is 1. The van der Waals surface area contributed by atoms with Crippen LogP contribution in [0.4, 0.5) is 4.79 Å². The molecular formula is C17H25N5O2. The van der Waals surface area contributed by atoms with Crippen molar-refractivity contribution in [2.24, 2.45) is 7.05 Å². The van der Waals surface area contributed by atoms with Crippen LogP contribution in [0.5, 0.6) is 0 Å². The maximum Gasteiger partial charge on any atom is 0.318 e. The fourth-order valence-electron chi connectivity index (χ4n) is 3.36. The summed E-state index contributed by atoms with van der Waals surface area (Å²) in [6.45, 7) is 2.50. The molecule has 1 fully saturated rings. The molecule has 3 rings (SSSR count). The van der Waals surface area contributed by atoms with Crippen molar-refractivity contribution in [3.05, 3.63) is 36.3 Å². The van der Waals surface area contributed by atoms with Gasteiger partial charge >= 0.3 is 6.03 Å². The van der Waals surface area contributed by atoms with Crippen molar-refractivity contribution in [3.8, 4) is 0 Å². The topological polar surface area (TPSA) is 76.2 Å². The maximum atomic E-state index is 12.9. The lowest BCUT2D eigenvalue weighted by atomic mass is 9.94. The van der Waals surface area contributed by atoms with Crippen molar-refractivity contribution in [2.75, 3.05) is 0 Å². The van der Waals surface area contributed by atoms with Crippen LogP contribution in [0.1, 0.15) is 56.5 Å². The first-order chi connectivity index (χ1) is 11.6. The van der Waals surface area contributed by atoms with Gasteiger partial charge < -0.3 is 19.2 Å². The van der Waals surface area contributed by atoms with E-state index in [4.69, 9.17) is 4.42 Å². The van der Waals surface area contributed by atoms with Crippen LogP contribution in [-0.2, 0) is 13.6 Å². The van der Waals surface area contributed by atoms with Gasteiger partial charge in [-0.2, -0.15) is 0 Å². The highest BCUT2D eigenvalue weighted by Gasteiger charge is 2.27. The second-order valence-corrected chi connectivity index (χ2v) is 6.52. The van der Waals surface area contributed by atoms with Gasteiger partial charge in [-0.3, -0.25) is 0 Å². The van der Waals surface area contributed by atoms with E-state index in [-0.39, 0.29) is 18.1 Å². The Labute approximate surface area is 142 Å². The average Bonchev–Trinajstić information content (AvgIpc) is 3.24. The number of furan rings is 1. The SMILES string of the molecule is C[C@@H](NC(=O)N(Cc1ccoc1)C1CCCCC1)c1nncn1C. The van der Waals surface area contributed by atoms with E-state index < -0.39 is 0 Å². The number of carbonyl (C=O) groups excluding carboxylic acids is 1. The second-order valence-electron chi connectivity index (χ2n) is 6.52. The predicted octanol–water partition coefficient (Wildman–Crippen LogP) is 3.01. The number of aromatic nitrogens is 3. The van der Waals surface area contributed by atoms with E-state index in [2.05, 4.69) is 15.5 Å². The molecule has 1 N–H and O–H groups in total. The molecule has 0 bridgehead atoms. The summed E-state index contributed by atoms with van der Waals surface area (Å²) in [5.74, 6) is 0.746. The predicted molar refractivity (Wildman–Crippen MR) is 89.1 cm³/mol. The summed E-state index contributed by atoms with van der Waals surface area (Å²) in [4.78, 5) is 14.9. The lowest BCUT2D eigenvalue weighted by molar-refractivity contribution is 0.148. The second kappa shape index (κ2) is 7.51. The molecule has 7 heteroatoms. The summed E-state index contributed by atoms with van der Waals surface area (Å²) in [5.41, 5.74) is 1.02. The molecule has 24 heavy (non-hydrogen) atoms. The van der Waals surface area contributed by atoms with Crippen LogP contribution in [0.25, 0.3) is 0 Å². The molecular weight excluding hydrogens is 306 g/mol. The van der Waals surface area contributed by atoms with Crippen molar-refractivity contribution in [2.45, 2.75) is 57.7 Å². The molecule has 0 aliphatic heterocycles. The van der Waals surface area contributed by atoms with Gasteiger partial charge in [-0.1, -0.05) is 19.3 Å². The number of amides is 2. The van der Waals surface area contributed by atoms with Crippen LogP contribution < -0.4 is 5.32 Å².